The number of benzene rings is 2. The summed E-state index contributed by atoms with van der Waals surface area (Å²) in [6.07, 6.45) is -3.51. The Hall–Kier alpha value is -2.01. The van der Waals surface area contributed by atoms with Crippen LogP contribution in [0.25, 0.3) is 0 Å². The number of anilines is 1. The molecular formula is C18H21F3N2. The summed E-state index contributed by atoms with van der Waals surface area (Å²) in [5, 5.41) is 3.25. The summed E-state index contributed by atoms with van der Waals surface area (Å²) in [4.78, 5) is 1.85. The van der Waals surface area contributed by atoms with Gasteiger partial charge in [-0.3, -0.25) is 0 Å². The van der Waals surface area contributed by atoms with Gasteiger partial charge >= 0.3 is 6.18 Å². The summed E-state index contributed by atoms with van der Waals surface area (Å²) < 4.78 is 38.4. The first-order valence-corrected chi connectivity index (χ1v) is 7.52. The van der Waals surface area contributed by atoms with Crippen molar-refractivity contribution in [2.75, 3.05) is 25.5 Å². The third-order valence-corrected chi connectivity index (χ3v) is 3.92. The highest BCUT2D eigenvalue weighted by Gasteiger charge is 2.30. The number of nitrogens with one attached hydrogen (secondary N) is 1. The molecule has 0 aliphatic heterocycles. The molecule has 2 nitrogen and oxygen atoms in total. The first-order chi connectivity index (χ1) is 10.9. The third kappa shape index (κ3) is 4.73. The van der Waals surface area contributed by atoms with Gasteiger partial charge in [0.05, 0.1) is 5.56 Å². The van der Waals surface area contributed by atoms with E-state index in [-0.39, 0.29) is 6.04 Å². The maximum absolute atomic E-state index is 12.8. The molecule has 0 fully saturated rings. The second-order valence-corrected chi connectivity index (χ2v) is 5.51. The van der Waals surface area contributed by atoms with Gasteiger partial charge in [-0.05, 0) is 37.2 Å². The quantitative estimate of drug-likeness (QED) is 0.843. The number of alkyl halides is 3. The largest absolute Gasteiger partial charge is 0.416 e. The first-order valence-electron chi connectivity index (χ1n) is 7.52. The van der Waals surface area contributed by atoms with Gasteiger partial charge < -0.3 is 10.2 Å². The van der Waals surface area contributed by atoms with Gasteiger partial charge in [0.15, 0.2) is 0 Å². The first kappa shape index (κ1) is 17.3. The summed E-state index contributed by atoms with van der Waals surface area (Å²) in [5.41, 5.74) is 1.13. The van der Waals surface area contributed by atoms with E-state index in [1.807, 2.05) is 49.3 Å². The standard InChI is InChI=1S/C18H21F3N2/c1-22-17(14-7-4-3-5-8-14)11-12-23(2)16-10-6-9-15(13-16)18(19,20)21/h3-10,13,17,22H,11-12H2,1-2H3. The summed E-state index contributed by atoms with van der Waals surface area (Å²) in [7, 11) is 3.70. The average Bonchev–Trinajstić information content (AvgIpc) is 2.55. The molecule has 1 unspecified atom stereocenters. The van der Waals surface area contributed by atoms with E-state index in [1.165, 1.54) is 17.7 Å². The molecular weight excluding hydrogens is 301 g/mol. The van der Waals surface area contributed by atoms with Crippen LogP contribution in [0.3, 0.4) is 0 Å². The van der Waals surface area contributed by atoms with E-state index in [0.717, 1.165) is 12.5 Å². The van der Waals surface area contributed by atoms with Crippen LogP contribution in [0, 0.1) is 0 Å². The summed E-state index contributed by atoms with van der Waals surface area (Å²) >= 11 is 0. The minimum Gasteiger partial charge on any atom is -0.375 e. The molecule has 0 heterocycles. The number of nitrogens with zero attached hydrogens (tertiary/aromatic N) is 1. The average molecular weight is 322 g/mol. The van der Waals surface area contributed by atoms with Crippen molar-refractivity contribution >= 4 is 5.69 Å². The Morgan fingerprint density at radius 3 is 2.35 bits per heavy atom. The highest BCUT2D eigenvalue weighted by molar-refractivity contribution is 5.48. The van der Waals surface area contributed by atoms with Crippen LogP contribution in [0.15, 0.2) is 54.6 Å². The smallest absolute Gasteiger partial charge is 0.375 e. The fraction of sp³-hybridized carbons (Fsp3) is 0.333. The van der Waals surface area contributed by atoms with Gasteiger partial charge in [0.2, 0.25) is 0 Å². The lowest BCUT2D eigenvalue weighted by atomic mass is 10.0. The van der Waals surface area contributed by atoms with Crippen molar-refractivity contribution in [2.24, 2.45) is 0 Å². The Morgan fingerprint density at radius 2 is 1.74 bits per heavy atom. The van der Waals surface area contributed by atoms with Crippen LogP contribution in [-0.2, 0) is 6.18 Å². The fourth-order valence-corrected chi connectivity index (χ4v) is 2.53. The van der Waals surface area contributed by atoms with E-state index in [2.05, 4.69) is 5.32 Å². The van der Waals surface area contributed by atoms with E-state index in [1.54, 1.807) is 6.07 Å². The predicted octanol–water partition coefficient (Wildman–Crippen LogP) is 4.49. The highest BCUT2D eigenvalue weighted by atomic mass is 19.4. The van der Waals surface area contributed by atoms with E-state index in [0.29, 0.717) is 12.2 Å². The topological polar surface area (TPSA) is 15.3 Å². The van der Waals surface area contributed by atoms with E-state index < -0.39 is 11.7 Å². The Kier molecular flexibility index (Phi) is 5.66. The number of halogens is 3. The lowest BCUT2D eigenvalue weighted by Gasteiger charge is -2.24. The Morgan fingerprint density at radius 1 is 1.04 bits per heavy atom. The summed E-state index contributed by atoms with van der Waals surface area (Å²) in [6, 6.07) is 15.6. The molecule has 0 amide bonds. The van der Waals surface area contributed by atoms with Crippen molar-refractivity contribution in [3.8, 4) is 0 Å². The SMILES string of the molecule is CNC(CCN(C)c1cccc(C(F)(F)F)c1)c1ccccc1. The molecule has 0 spiro atoms. The van der Waals surface area contributed by atoms with Crippen molar-refractivity contribution in [1.29, 1.82) is 0 Å². The lowest BCUT2D eigenvalue weighted by Crippen LogP contribution is -2.25. The Balaban J connectivity index is 2.03. The van der Waals surface area contributed by atoms with Gasteiger partial charge in [0.25, 0.3) is 0 Å². The molecule has 0 bridgehead atoms. The van der Waals surface area contributed by atoms with Crippen LogP contribution in [0.4, 0.5) is 18.9 Å². The molecule has 0 saturated carbocycles. The van der Waals surface area contributed by atoms with Crippen LogP contribution >= 0.6 is 0 Å². The maximum atomic E-state index is 12.8. The minimum absolute atomic E-state index is 0.171. The van der Waals surface area contributed by atoms with Crippen molar-refractivity contribution in [3.05, 3.63) is 65.7 Å². The van der Waals surface area contributed by atoms with Crippen LogP contribution in [0.2, 0.25) is 0 Å². The molecule has 5 heteroatoms. The zero-order valence-corrected chi connectivity index (χ0v) is 13.3. The minimum atomic E-state index is -4.31. The molecule has 0 saturated heterocycles. The number of hydrogen-bond donors (Lipinski definition) is 1. The molecule has 0 radical (unpaired) electrons. The molecule has 2 aromatic rings. The van der Waals surface area contributed by atoms with Crippen molar-refractivity contribution in [1.82, 2.24) is 5.32 Å². The zero-order chi connectivity index (χ0) is 16.9. The molecule has 124 valence electrons. The second kappa shape index (κ2) is 7.51. The van der Waals surface area contributed by atoms with Crippen molar-refractivity contribution in [2.45, 2.75) is 18.6 Å². The van der Waals surface area contributed by atoms with Crippen LogP contribution in [-0.4, -0.2) is 20.6 Å². The molecule has 2 rings (SSSR count). The third-order valence-electron chi connectivity index (χ3n) is 3.92. The van der Waals surface area contributed by atoms with E-state index in [4.69, 9.17) is 0 Å². The molecule has 0 aliphatic rings. The maximum Gasteiger partial charge on any atom is 0.416 e. The molecule has 1 N–H and O–H groups in total. The Bertz CT molecular complexity index is 611. The monoisotopic (exact) mass is 322 g/mol. The lowest BCUT2D eigenvalue weighted by molar-refractivity contribution is -0.137. The highest BCUT2D eigenvalue weighted by Crippen LogP contribution is 2.31. The van der Waals surface area contributed by atoms with Gasteiger partial charge in [0, 0.05) is 25.3 Å². The molecule has 23 heavy (non-hydrogen) atoms. The van der Waals surface area contributed by atoms with E-state index >= 15 is 0 Å². The van der Waals surface area contributed by atoms with Gasteiger partial charge in [-0.25, -0.2) is 0 Å². The normalized spacial score (nSPS) is 12.9. The molecule has 0 aromatic heterocycles. The number of hydrogen-bond acceptors (Lipinski definition) is 2. The van der Waals surface area contributed by atoms with Crippen molar-refractivity contribution < 1.29 is 13.2 Å². The fourth-order valence-electron chi connectivity index (χ4n) is 2.53. The molecule has 1 atom stereocenters. The molecule has 0 aliphatic carbocycles. The van der Waals surface area contributed by atoms with Crippen LogP contribution < -0.4 is 10.2 Å². The molecule has 2 aromatic carbocycles. The zero-order valence-electron chi connectivity index (χ0n) is 13.3. The summed E-state index contributed by atoms with van der Waals surface area (Å²) in [5.74, 6) is 0. The van der Waals surface area contributed by atoms with Gasteiger partial charge in [-0.15, -0.1) is 0 Å². The van der Waals surface area contributed by atoms with Gasteiger partial charge in [-0.1, -0.05) is 36.4 Å². The van der Waals surface area contributed by atoms with Crippen molar-refractivity contribution in [3.63, 3.8) is 0 Å². The van der Waals surface area contributed by atoms with Crippen LogP contribution in [0.1, 0.15) is 23.6 Å². The van der Waals surface area contributed by atoms with E-state index in [9.17, 15) is 13.2 Å². The van der Waals surface area contributed by atoms with Gasteiger partial charge in [0.1, 0.15) is 0 Å². The second-order valence-electron chi connectivity index (χ2n) is 5.51. The summed E-state index contributed by atoms with van der Waals surface area (Å²) in [6.45, 7) is 0.654. The predicted molar refractivity (Wildman–Crippen MR) is 87.6 cm³/mol. The van der Waals surface area contributed by atoms with Gasteiger partial charge in [-0.2, -0.15) is 13.2 Å². The van der Waals surface area contributed by atoms with Crippen LogP contribution in [0.5, 0.6) is 0 Å². The number of rotatable bonds is 6. The Labute approximate surface area is 134 Å².